The van der Waals surface area contributed by atoms with Gasteiger partial charge in [-0.05, 0) is 30.3 Å². The number of nitrogens with zero attached hydrogens (tertiary/aromatic N) is 2. The van der Waals surface area contributed by atoms with E-state index >= 15 is 0 Å². The predicted octanol–water partition coefficient (Wildman–Crippen LogP) is 2.34. The summed E-state index contributed by atoms with van der Waals surface area (Å²) in [6.07, 6.45) is 1.50. The Kier molecular flexibility index (Phi) is 3.23. The molecule has 2 aromatic carbocycles. The largest absolute Gasteiger partial charge is 0.326 e. The third kappa shape index (κ3) is 2.53. The Labute approximate surface area is 120 Å². The van der Waals surface area contributed by atoms with Crippen LogP contribution in [0.5, 0.6) is 0 Å². The van der Waals surface area contributed by atoms with E-state index < -0.39 is 0 Å². The lowest BCUT2D eigenvalue weighted by molar-refractivity contribution is -0.114. The normalized spacial score (nSPS) is 10.5. The average molecular weight is 279 g/mol. The summed E-state index contributed by atoms with van der Waals surface area (Å²) >= 11 is 0. The Hall–Kier alpha value is -2.95. The summed E-state index contributed by atoms with van der Waals surface area (Å²) in [7, 11) is 0. The number of carbonyl (C=O) groups excluding carboxylic acids is 1. The fourth-order valence-electron chi connectivity index (χ4n) is 2.19. The maximum atomic E-state index is 12.5. The molecule has 3 rings (SSSR count). The first-order valence-corrected chi connectivity index (χ1v) is 6.49. The quantitative estimate of drug-likeness (QED) is 0.783. The Bertz CT molecular complexity index is 884. The molecule has 3 aromatic rings. The van der Waals surface area contributed by atoms with E-state index in [0.29, 0.717) is 22.3 Å². The topological polar surface area (TPSA) is 64.0 Å². The number of rotatable bonds is 2. The van der Waals surface area contributed by atoms with Gasteiger partial charge in [-0.1, -0.05) is 18.2 Å². The molecular weight excluding hydrogens is 266 g/mol. The number of anilines is 1. The van der Waals surface area contributed by atoms with Gasteiger partial charge in [0.25, 0.3) is 5.56 Å². The third-order valence-corrected chi connectivity index (χ3v) is 3.11. The molecule has 1 heterocycles. The van der Waals surface area contributed by atoms with E-state index in [1.165, 1.54) is 17.8 Å². The fourth-order valence-corrected chi connectivity index (χ4v) is 2.19. The molecule has 5 nitrogen and oxygen atoms in total. The van der Waals surface area contributed by atoms with Gasteiger partial charge in [0, 0.05) is 12.6 Å². The van der Waals surface area contributed by atoms with E-state index in [9.17, 15) is 9.59 Å². The highest BCUT2D eigenvalue weighted by Gasteiger charge is 2.06. The second-order valence-corrected chi connectivity index (χ2v) is 4.67. The SMILES string of the molecule is CC(=O)Nc1cccc(-n2cnc3ccccc3c2=O)c1. The molecule has 1 aromatic heterocycles. The summed E-state index contributed by atoms with van der Waals surface area (Å²) in [6.45, 7) is 1.44. The zero-order valence-electron chi connectivity index (χ0n) is 11.4. The Morgan fingerprint density at radius 3 is 2.76 bits per heavy atom. The average Bonchev–Trinajstić information content (AvgIpc) is 2.47. The van der Waals surface area contributed by atoms with Crippen LogP contribution < -0.4 is 10.9 Å². The minimum Gasteiger partial charge on any atom is -0.326 e. The highest BCUT2D eigenvalue weighted by Crippen LogP contribution is 2.14. The van der Waals surface area contributed by atoms with Crippen molar-refractivity contribution in [2.24, 2.45) is 0 Å². The number of fused-ring (bicyclic) bond motifs is 1. The van der Waals surface area contributed by atoms with E-state index in [1.807, 2.05) is 12.1 Å². The van der Waals surface area contributed by atoms with Gasteiger partial charge in [0.1, 0.15) is 6.33 Å². The molecule has 5 heteroatoms. The summed E-state index contributed by atoms with van der Waals surface area (Å²) in [5.41, 5.74) is 1.82. The Balaban J connectivity index is 2.14. The summed E-state index contributed by atoms with van der Waals surface area (Å²) < 4.78 is 1.47. The minimum atomic E-state index is -0.156. The van der Waals surface area contributed by atoms with Crippen LogP contribution in [0.15, 0.2) is 59.7 Å². The molecule has 1 N–H and O–H groups in total. The van der Waals surface area contributed by atoms with E-state index in [-0.39, 0.29) is 11.5 Å². The van der Waals surface area contributed by atoms with Crippen molar-refractivity contribution in [2.75, 3.05) is 5.32 Å². The van der Waals surface area contributed by atoms with Gasteiger partial charge in [-0.25, -0.2) is 4.98 Å². The van der Waals surface area contributed by atoms with Crippen molar-refractivity contribution in [1.29, 1.82) is 0 Å². The van der Waals surface area contributed by atoms with Crippen LogP contribution in [-0.4, -0.2) is 15.5 Å². The van der Waals surface area contributed by atoms with Gasteiger partial charge in [0.15, 0.2) is 0 Å². The lowest BCUT2D eigenvalue weighted by atomic mass is 10.2. The van der Waals surface area contributed by atoms with Crippen molar-refractivity contribution >= 4 is 22.5 Å². The zero-order valence-corrected chi connectivity index (χ0v) is 11.4. The molecule has 0 atom stereocenters. The molecule has 0 saturated carbocycles. The van der Waals surface area contributed by atoms with E-state index in [1.54, 1.807) is 36.4 Å². The van der Waals surface area contributed by atoms with Crippen LogP contribution in [0.2, 0.25) is 0 Å². The first kappa shape index (κ1) is 13.1. The summed E-state index contributed by atoms with van der Waals surface area (Å²) in [4.78, 5) is 27.9. The molecule has 0 aliphatic rings. The summed E-state index contributed by atoms with van der Waals surface area (Å²) in [6, 6.07) is 14.3. The van der Waals surface area contributed by atoms with Gasteiger partial charge in [-0.2, -0.15) is 0 Å². The van der Waals surface area contributed by atoms with Crippen molar-refractivity contribution in [3.8, 4) is 5.69 Å². The van der Waals surface area contributed by atoms with E-state index in [4.69, 9.17) is 0 Å². The third-order valence-electron chi connectivity index (χ3n) is 3.11. The number of para-hydroxylation sites is 1. The molecule has 0 spiro atoms. The highest BCUT2D eigenvalue weighted by atomic mass is 16.1. The zero-order chi connectivity index (χ0) is 14.8. The second-order valence-electron chi connectivity index (χ2n) is 4.67. The van der Waals surface area contributed by atoms with Crippen LogP contribution in [0, 0.1) is 0 Å². The summed E-state index contributed by atoms with van der Waals surface area (Å²) in [5, 5.41) is 3.26. The first-order valence-electron chi connectivity index (χ1n) is 6.49. The smallest absolute Gasteiger partial charge is 0.265 e. The van der Waals surface area contributed by atoms with Gasteiger partial charge < -0.3 is 5.32 Å². The monoisotopic (exact) mass is 279 g/mol. The number of amides is 1. The number of hydrogen-bond donors (Lipinski definition) is 1. The van der Waals surface area contributed by atoms with Gasteiger partial charge in [-0.3, -0.25) is 14.2 Å². The maximum absolute atomic E-state index is 12.5. The van der Waals surface area contributed by atoms with Crippen LogP contribution >= 0.6 is 0 Å². The Morgan fingerprint density at radius 1 is 1.14 bits per heavy atom. The number of hydrogen-bond acceptors (Lipinski definition) is 3. The van der Waals surface area contributed by atoms with Crippen molar-refractivity contribution in [3.05, 3.63) is 65.2 Å². The standard InChI is InChI=1S/C16H13N3O2/c1-11(20)18-12-5-4-6-13(9-12)19-10-17-15-8-3-2-7-14(15)16(19)21/h2-10H,1H3,(H,18,20). The molecule has 21 heavy (non-hydrogen) atoms. The first-order chi connectivity index (χ1) is 10.1. The van der Waals surface area contributed by atoms with Gasteiger partial charge in [0.05, 0.1) is 16.6 Å². The number of carbonyl (C=O) groups is 1. The van der Waals surface area contributed by atoms with Crippen LogP contribution in [0.4, 0.5) is 5.69 Å². The maximum Gasteiger partial charge on any atom is 0.265 e. The van der Waals surface area contributed by atoms with Crippen molar-refractivity contribution < 1.29 is 4.79 Å². The lowest BCUT2D eigenvalue weighted by Gasteiger charge is -2.08. The molecule has 0 saturated heterocycles. The van der Waals surface area contributed by atoms with E-state index in [0.717, 1.165) is 0 Å². The van der Waals surface area contributed by atoms with Crippen molar-refractivity contribution in [1.82, 2.24) is 9.55 Å². The second kappa shape index (κ2) is 5.20. The molecule has 0 bridgehead atoms. The van der Waals surface area contributed by atoms with Crippen molar-refractivity contribution in [3.63, 3.8) is 0 Å². The number of benzene rings is 2. The van der Waals surface area contributed by atoms with Crippen LogP contribution in [-0.2, 0) is 4.79 Å². The molecule has 0 fully saturated rings. The predicted molar refractivity (Wildman–Crippen MR) is 81.6 cm³/mol. The Morgan fingerprint density at radius 2 is 1.95 bits per heavy atom. The van der Waals surface area contributed by atoms with Crippen LogP contribution in [0.1, 0.15) is 6.92 Å². The molecule has 1 amide bonds. The van der Waals surface area contributed by atoms with Crippen molar-refractivity contribution in [2.45, 2.75) is 6.92 Å². The number of nitrogens with one attached hydrogen (secondary N) is 1. The van der Waals surface area contributed by atoms with Crippen LogP contribution in [0.3, 0.4) is 0 Å². The molecule has 0 radical (unpaired) electrons. The fraction of sp³-hybridized carbons (Fsp3) is 0.0625. The molecule has 0 aliphatic carbocycles. The molecule has 0 aliphatic heterocycles. The molecular formula is C16H13N3O2. The molecule has 0 unspecified atom stereocenters. The van der Waals surface area contributed by atoms with Gasteiger partial charge in [-0.15, -0.1) is 0 Å². The number of aromatic nitrogens is 2. The van der Waals surface area contributed by atoms with Crippen LogP contribution in [0.25, 0.3) is 16.6 Å². The minimum absolute atomic E-state index is 0.138. The highest BCUT2D eigenvalue weighted by molar-refractivity contribution is 5.89. The van der Waals surface area contributed by atoms with E-state index in [2.05, 4.69) is 10.3 Å². The van der Waals surface area contributed by atoms with Gasteiger partial charge in [0.2, 0.25) is 5.91 Å². The summed E-state index contributed by atoms with van der Waals surface area (Å²) in [5.74, 6) is -0.156. The lowest BCUT2D eigenvalue weighted by Crippen LogP contribution is -2.19. The molecule has 104 valence electrons. The van der Waals surface area contributed by atoms with Gasteiger partial charge >= 0.3 is 0 Å².